The number of hydrogen-bond donors (Lipinski definition) is 0. The van der Waals surface area contributed by atoms with Crippen molar-refractivity contribution >= 4 is 22.5 Å². The number of pyridine rings is 1. The summed E-state index contributed by atoms with van der Waals surface area (Å²) in [5.41, 5.74) is 2.65. The molecule has 3 aromatic carbocycles. The van der Waals surface area contributed by atoms with Crippen LogP contribution in [0.5, 0.6) is 5.75 Å². The first-order valence-electron chi connectivity index (χ1n) is 8.89. The lowest BCUT2D eigenvalue weighted by atomic mass is 9.98. The van der Waals surface area contributed by atoms with Crippen molar-refractivity contribution in [3.8, 4) is 28.0 Å². The molecule has 0 atom stereocenters. The monoisotopic (exact) mass is 431 g/mol. The molecule has 0 aliphatic carbocycles. The molecule has 0 bridgehead atoms. The number of rotatable bonds is 3. The Morgan fingerprint density at radius 2 is 1.50 bits per heavy atom. The van der Waals surface area contributed by atoms with Gasteiger partial charge in [0, 0.05) is 28.3 Å². The molecule has 0 aliphatic rings. The number of aromatic nitrogens is 1. The minimum absolute atomic E-state index is 0.0610. The number of aryl methyl sites for hydroxylation is 1. The van der Waals surface area contributed by atoms with Crippen LogP contribution in [0.3, 0.4) is 0 Å². The summed E-state index contributed by atoms with van der Waals surface area (Å²) in [6.45, 7) is 1.76. The summed E-state index contributed by atoms with van der Waals surface area (Å²) in [5, 5.41) is 0.733. The van der Waals surface area contributed by atoms with Crippen molar-refractivity contribution < 1.29 is 22.3 Å². The van der Waals surface area contributed by atoms with Crippen LogP contribution in [-0.2, 0) is 0 Å². The molecule has 0 N–H and O–H groups in total. The second-order valence-corrected chi connectivity index (χ2v) is 7.07. The molecule has 1 aromatic heterocycles. The first-order valence-corrected chi connectivity index (χ1v) is 9.27. The highest BCUT2D eigenvalue weighted by Gasteiger charge is 2.18. The number of fused-ring (bicyclic) bond motifs is 1. The van der Waals surface area contributed by atoms with Crippen molar-refractivity contribution in [3.05, 3.63) is 82.5 Å². The van der Waals surface area contributed by atoms with E-state index < -0.39 is 23.3 Å². The molecule has 0 radical (unpaired) electrons. The van der Waals surface area contributed by atoms with E-state index in [0.717, 1.165) is 6.07 Å². The van der Waals surface area contributed by atoms with Crippen LogP contribution in [0.25, 0.3) is 33.2 Å². The zero-order valence-corrected chi connectivity index (χ0v) is 16.6. The molecule has 0 amide bonds. The van der Waals surface area contributed by atoms with Gasteiger partial charge < -0.3 is 4.74 Å². The Morgan fingerprint density at radius 1 is 0.833 bits per heavy atom. The Kier molecular flexibility index (Phi) is 5.12. The van der Waals surface area contributed by atoms with Gasteiger partial charge in [0.25, 0.3) is 0 Å². The molecule has 4 aromatic rings. The summed E-state index contributed by atoms with van der Waals surface area (Å²) >= 11 is 6.57. The zero-order chi connectivity index (χ0) is 21.6. The number of nitrogens with zero attached hydrogens (tertiary/aromatic N) is 1. The van der Waals surface area contributed by atoms with Crippen LogP contribution >= 0.6 is 11.6 Å². The average Bonchev–Trinajstić information content (AvgIpc) is 2.73. The quantitative estimate of drug-likeness (QED) is 0.255. The van der Waals surface area contributed by atoms with Crippen molar-refractivity contribution in [2.24, 2.45) is 0 Å². The van der Waals surface area contributed by atoms with E-state index in [2.05, 4.69) is 4.98 Å². The third-order valence-corrected chi connectivity index (χ3v) is 5.29. The molecule has 0 saturated heterocycles. The first kappa shape index (κ1) is 20.2. The molecule has 0 aliphatic heterocycles. The average molecular weight is 432 g/mol. The summed E-state index contributed by atoms with van der Waals surface area (Å²) in [5.74, 6) is -4.52. The molecular formula is C23H14ClF4NO. The Morgan fingerprint density at radius 3 is 2.17 bits per heavy atom. The lowest BCUT2D eigenvalue weighted by Crippen LogP contribution is -1.96. The zero-order valence-electron chi connectivity index (χ0n) is 15.9. The molecule has 4 rings (SSSR count). The summed E-state index contributed by atoms with van der Waals surface area (Å²) in [4.78, 5) is 4.50. The van der Waals surface area contributed by atoms with E-state index in [-0.39, 0.29) is 11.3 Å². The van der Waals surface area contributed by atoms with Crippen LogP contribution in [0.15, 0.2) is 48.5 Å². The van der Waals surface area contributed by atoms with E-state index >= 15 is 0 Å². The van der Waals surface area contributed by atoms with Crippen LogP contribution < -0.4 is 4.74 Å². The van der Waals surface area contributed by atoms with E-state index in [1.165, 1.54) is 25.3 Å². The standard InChI is InChI=1S/C23H14ClF4NO/c1-11-20(21(24)15-9-17(26)19(30-2)10-18(15)29-11)13-5-3-12(4-6-13)14-7-8-16(25)23(28)22(14)27/h3-10H,1-2H3. The normalized spacial score (nSPS) is 11.2. The van der Waals surface area contributed by atoms with Crippen molar-refractivity contribution in [2.45, 2.75) is 6.92 Å². The number of methoxy groups -OCH3 is 1. The lowest BCUT2D eigenvalue weighted by Gasteiger charge is -2.13. The van der Waals surface area contributed by atoms with Crippen molar-refractivity contribution in [1.29, 1.82) is 0 Å². The molecule has 0 fully saturated rings. The Bertz CT molecular complexity index is 1290. The third-order valence-electron chi connectivity index (χ3n) is 4.90. The van der Waals surface area contributed by atoms with Gasteiger partial charge in [-0.1, -0.05) is 35.9 Å². The van der Waals surface area contributed by atoms with Gasteiger partial charge in [-0.3, -0.25) is 4.98 Å². The second-order valence-electron chi connectivity index (χ2n) is 6.69. The van der Waals surface area contributed by atoms with Crippen LogP contribution in [0.1, 0.15) is 5.69 Å². The summed E-state index contributed by atoms with van der Waals surface area (Å²) in [6.07, 6.45) is 0. The SMILES string of the molecule is COc1cc2nc(C)c(-c3ccc(-c4ccc(F)c(F)c4F)cc3)c(Cl)c2cc1F. The topological polar surface area (TPSA) is 22.1 Å². The van der Waals surface area contributed by atoms with Gasteiger partial charge in [0.15, 0.2) is 29.0 Å². The van der Waals surface area contributed by atoms with Gasteiger partial charge >= 0.3 is 0 Å². The van der Waals surface area contributed by atoms with Crippen LogP contribution in [0, 0.1) is 30.2 Å². The minimum atomic E-state index is -1.52. The molecule has 0 unspecified atom stereocenters. The van der Waals surface area contributed by atoms with Crippen molar-refractivity contribution in [1.82, 2.24) is 4.98 Å². The van der Waals surface area contributed by atoms with Crippen LogP contribution in [0.2, 0.25) is 5.02 Å². The Labute approximate surface area is 174 Å². The number of benzene rings is 3. The van der Waals surface area contributed by atoms with Gasteiger partial charge in [-0.25, -0.2) is 17.6 Å². The Hall–Kier alpha value is -3.12. The molecule has 2 nitrogen and oxygen atoms in total. The maximum Gasteiger partial charge on any atom is 0.195 e. The maximum absolute atomic E-state index is 14.2. The first-order chi connectivity index (χ1) is 14.3. The van der Waals surface area contributed by atoms with Crippen LogP contribution in [-0.4, -0.2) is 12.1 Å². The highest BCUT2D eigenvalue weighted by atomic mass is 35.5. The predicted octanol–water partition coefficient (Wildman–Crippen LogP) is 7.10. The fourth-order valence-corrected chi connectivity index (χ4v) is 3.80. The Balaban J connectivity index is 1.82. The fourth-order valence-electron chi connectivity index (χ4n) is 3.40. The third kappa shape index (κ3) is 3.27. The molecule has 152 valence electrons. The summed E-state index contributed by atoms with van der Waals surface area (Å²) in [7, 11) is 1.37. The minimum Gasteiger partial charge on any atom is -0.494 e. The van der Waals surface area contributed by atoms with Gasteiger partial charge in [-0.05, 0) is 36.2 Å². The fraction of sp³-hybridized carbons (Fsp3) is 0.0870. The van der Waals surface area contributed by atoms with Crippen molar-refractivity contribution in [3.63, 3.8) is 0 Å². The highest BCUT2D eigenvalue weighted by molar-refractivity contribution is 6.38. The van der Waals surface area contributed by atoms with E-state index in [9.17, 15) is 17.6 Å². The van der Waals surface area contributed by atoms with E-state index in [1.54, 1.807) is 31.2 Å². The molecule has 0 saturated carbocycles. The number of ether oxygens (including phenoxy) is 1. The van der Waals surface area contributed by atoms with E-state index in [0.29, 0.717) is 38.3 Å². The van der Waals surface area contributed by atoms with Crippen molar-refractivity contribution in [2.75, 3.05) is 7.11 Å². The van der Waals surface area contributed by atoms with Gasteiger partial charge in [-0.15, -0.1) is 0 Å². The van der Waals surface area contributed by atoms with Crippen LogP contribution in [0.4, 0.5) is 17.6 Å². The summed E-state index contributed by atoms with van der Waals surface area (Å²) in [6, 6.07) is 11.3. The highest BCUT2D eigenvalue weighted by Crippen LogP contribution is 2.38. The van der Waals surface area contributed by atoms with Gasteiger partial charge in [0.05, 0.1) is 17.6 Å². The van der Waals surface area contributed by atoms with E-state index in [1.807, 2.05) is 0 Å². The predicted molar refractivity (Wildman–Crippen MR) is 109 cm³/mol. The molecular weight excluding hydrogens is 418 g/mol. The second kappa shape index (κ2) is 7.61. The van der Waals surface area contributed by atoms with Gasteiger partial charge in [-0.2, -0.15) is 0 Å². The maximum atomic E-state index is 14.2. The largest absolute Gasteiger partial charge is 0.494 e. The molecule has 0 spiro atoms. The van der Waals surface area contributed by atoms with Gasteiger partial charge in [0.1, 0.15) is 0 Å². The lowest BCUT2D eigenvalue weighted by molar-refractivity contribution is 0.387. The number of hydrogen-bond acceptors (Lipinski definition) is 2. The molecule has 30 heavy (non-hydrogen) atoms. The van der Waals surface area contributed by atoms with E-state index in [4.69, 9.17) is 16.3 Å². The smallest absolute Gasteiger partial charge is 0.195 e. The van der Waals surface area contributed by atoms with Gasteiger partial charge in [0.2, 0.25) is 0 Å². The summed E-state index contributed by atoms with van der Waals surface area (Å²) < 4.78 is 60.0. The molecule has 1 heterocycles. The molecule has 7 heteroatoms. The number of halogens is 5.